The van der Waals surface area contributed by atoms with Crippen LogP contribution in [0.5, 0.6) is 0 Å². The maximum Gasteiger partial charge on any atom is 0.241 e. The van der Waals surface area contributed by atoms with Gasteiger partial charge in [0.25, 0.3) is 0 Å². The van der Waals surface area contributed by atoms with Gasteiger partial charge in [-0.05, 0) is 35.3 Å². The Bertz CT molecular complexity index is 472. The van der Waals surface area contributed by atoms with E-state index in [1.54, 1.807) is 13.0 Å². The van der Waals surface area contributed by atoms with Crippen LogP contribution >= 0.6 is 27.3 Å². The van der Waals surface area contributed by atoms with Crippen LogP contribution in [-0.2, 0) is 14.8 Å². The van der Waals surface area contributed by atoms with Crippen molar-refractivity contribution < 1.29 is 18.3 Å². The summed E-state index contributed by atoms with van der Waals surface area (Å²) in [7, 11) is -3.44. The molecule has 0 fully saturated rings. The number of aliphatic hydroxyl groups is 1. The Morgan fingerprint density at radius 1 is 1.50 bits per heavy atom. The maximum absolute atomic E-state index is 11.9. The zero-order chi connectivity index (χ0) is 13.6. The highest BCUT2D eigenvalue weighted by atomic mass is 79.9. The third kappa shape index (κ3) is 4.94. The van der Waals surface area contributed by atoms with Gasteiger partial charge in [-0.1, -0.05) is 0 Å². The number of rotatable bonds is 8. The van der Waals surface area contributed by atoms with Crippen molar-refractivity contribution in [1.29, 1.82) is 0 Å². The summed E-state index contributed by atoms with van der Waals surface area (Å²) in [5, 5.41) is 8.49. The Labute approximate surface area is 119 Å². The number of aliphatic hydroxyl groups excluding tert-OH is 1. The zero-order valence-electron chi connectivity index (χ0n) is 9.98. The van der Waals surface area contributed by atoms with E-state index < -0.39 is 10.0 Å². The molecule has 0 saturated carbocycles. The van der Waals surface area contributed by atoms with Crippen LogP contribution in [0.2, 0.25) is 0 Å². The molecule has 2 N–H and O–H groups in total. The summed E-state index contributed by atoms with van der Waals surface area (Å²) in [6.07, 6.45) is 0.573. The highest BCUT2D eigenvalue weighted by Crippen LogP contribution is 2.29. The first-order valence-electron chi connectivity index (χ1n) is 5.41. The second-order valence-corrected chi connectivity index (χ2v) is 7.93. The fraction of sp³-hybridized carbons (Fsp3) is 0.600. The second-order valence-electron chi connectivity index (χ2n) is 3.56. The third-order valence-corrected chi connectivity index (χ3v) is 5.39. The van der Waals surface area contributed by atoms with E-state index in [0.717, 1.165) is 8.66 Å². The molecule has 0 aromatic carbocycles. The van der Waals surface area contributed by atoms with Gasteiger partial charge in [0, 0.05) is 18.0 Å². The molecule has 0 spiro atoms. The number of thiophene rings is 1. The smallest absolute Gasteiger partial charge is 0.241 e. The van der Waals surface area contributed by atoms with E-state index in [2.05, 4.69) is 20.7 Å². The lowest BCUT2D eigenvalue weighted by Crippen LogP contribution is -2.25. The molecule has 0 aliphatic heterocycles. The van der Waals surface area contributed by atoms with Gasteiger partial charge in [-0.15, -0.1) is 11.3 Å². The Hall–Kier alpha value is 0.01000. The lowest BCUT2D eigenvalue weighted by molar-refractivity contribution is 0.0913. The first kappa shape index (κ1) is 16.1. The molecule has 0 saturated heterocycles. The number of hydrogen-bond donors (Lipinski definition) is 2. The number of sulfonamides is 1. The minimum absolute atomic E-state index is 0.0200. The monoisotopic (exact) mass is 357 g/mol. The molecule has 1 rings (SSSR count). The molecule has 0 atom stereocenters. The molecule has 5 nitrogen and oxygen atoms in total. The second kappa shape index (κ2) is 7.56. The summed E-state index contributed by atoms with van der Waals surface area (Å²) in [6.45, 7) is 2.78. The van der Waals surface area contributed by atoms with Crippen molar-refractivity contribution in [3.63, 3.8) is 0 Å². The van der Waals surface area contributed by atoms with Crippen LogP contribution in [0.1, 0.15) is 11.3 Å². The molecule has 0 unspecified atom stereocenters. The molecule has 104 valence electrons. The number of halogens is 1. The Kier molecular flexibility index (Phi) is 6.75. The summed E-state index contributed by atoms with van der Waals surface area (Å²) in [6, 6.07) is 1.60. The van der Waals surface area contributed by atoms with E-state index in [4.69, 9.17) is 9.84 Å². The quantitative estimate of drug-likeness (QED) is 0.691. The largest absolute Gasteiger partial charge is 0.394 e. The molecule has 0 bridgehead atoms. The SMILES string of the molecule is Cc1sc(Br)cc1S(=O)(=O)NCCCOCCO. The maximum atomic E-state index is 11.9. The number of ether oxygens (including phenoxy) is 1. The Balaban J connectivity index is 2.43. The molecule has 0 aliphatic rings. The molecule has 0 aliphatic carbocycles. The Morgan fingerprint density at radius 3 is 2.78 bits per heavy atom. The van der Waals surface area contributed by atoms with Crippen molar-refractivity contribution in [1.82, 2.24) is 4.72 Å². The van der Waals surface area contributed by atoms with Crippen molar-refractivity contribution in [2.45, 2.75) is 18.2 Å². The van der Waals surface area contributed by atoms with E-state index in [-0.39, 0.29) is 13.2 Å². The molecule has 0 amide bonds. The van der Waals surface area contributed by atoms with Crippen LogP contribution in [-0.4, -0.2) is 39.9 Å². The van der Waals surface area contributed by atoms with Crippen molar-refractivity contribution >= 4 is 37.3 Å². The van der Waals surface area contributed by atoms with Crippen LogP contribution < -0.4 is 4.72 Å². The van der Waals surface area contributed by atoms with Gasteiger partial charge in [-0.2, -0.15) is 0 Å². The standard InChI is InChI=1S/C10H16BrNO4S2/c1-8-9(7-10(11)17-8)18(14,15)12-3-2-5-16-6-4-13/h7,12-13H,2-6H2,1H3. The molecule has 0 radical (unpaired) electrons. The molecule has 18 heavy (non-hydrogen) atoms. The van der Waals surface area contributed by atoms with Gasteiger partial charge >= 0.3 is 0 Å². The third-order valence-electron chi connectivity index (χ3n) is 2.12. The van der Waals surface area contributed by atoms with E-state index in [0.29, 0.717) is 24.5 Å². The van der Waals surface area contributed by atoms with Crippen LogP contribution in [0, 0.1) is 6.92 Å². The summed E-state index contributed by atoms with van der Waals surface area (Å²) in [5.74, 6) is 0. The highest BCUT2D eigenvalue weighted by Gasteiger charge is 2.18. The predicted octanol–water partition coefficient (Wildman–Crippen LogP) is 1.50. The van der Waals surface area contributed by atoms with Gasteiger partial charge < -0.3 is 9.84 Å². The van der Waals surface area contributed by atoms with Gasteiger partial charge in [0.2, 0.25) is 10.0 Å². The van der Waals surface area contributed by atoms with E-state index in [1.807, 2.05) is 0 Å². The zero-order valence-corrected chi connectivity index (χ0v) is 13.2. The summed E-state index contributed by atoms with van der Waals surface area (Å²) >= 11 is 4.66. The molecule has 1 aromatic heterocycles. The molecule has 1 heterocycles. The predicted molar refractivity (Wildman–Crippen MR) is 74.5 cm³/mol. The fourth-order valence-electron chi connectivity index (χ4n) is 1.32. The van der Waals surface area contributed by atoms with Crippen LogP contribution in [0.4, 0.5) is 0 Å². The minimum Gasteiger partial charge on any atom is -0.394 e. The van der Waals surface area contributed by atoms with Gasteiger partial charge in [0.1, 0.15) is 0 Å². The van der Waals surface area contributed by atoms with Gasteiger partial charge in [-0.25, -0.2) is 13.1 Å². The Morgan fingerprint density at radius 2 is 2.22 bits per heavy atom. The molecular weight excluding hydrogens is 342 g/mol. The first-order valence-corrected chi connectivity index (χ1v) is 8.51. The average Bonchev–Trinajstić information content (AvgIpc) is 2.63. The number of hydrogen-bond acceptors (Lipinski definition) is 5. The summed E-state index contributed by atoms with van der Waals surface area (Å²) in [5.41, 5.74) is 0. The molecular formula is C10H16BrNO4S2. The first-order chi connectivity index (χ1) is 8.47. The number of aryl methyl sites for hydroxylation is 1. The normalized spacial score (nSPS) is 11.9. The fourth-order valence-corrected chi connectivity index (χ4v) is 4.81. The van der Waals surface area contributed by atoms with Crippen molar-refractivity contribution in [3.05, 3.63) is 14.7 Å². The van der Waals surface area contributed by atoms with E-state index in [1.165, 1.54) is 11.3 Å². The molecule has 1 aromatic rings. The lowest BCUT2D eigenvalue weighted by atomic mass is 10.5. The van der Waals surface area contributed by atoms with Crippen molar-refractivity contribution in [3.8, 4) is 0 Å². The van der Waals surface area contributed by atoms with Crippen molar-refractivity contribution in [2.75, 3.05) is 26.4 Å². The lowest BCUT2D eigenvalue weighted by Gasteiger charge is -2.06. The summed E-state index contributed by atoms with van der Waals surface area (Å²) < 4.78 is 32.3. The van der Waals surface area contributed by atoms with Gasteiger partial charge in [0.15, 0.2) is 0 Å². The average molecular weight is 358 g/mol. The molecule has 8 heteroatoms. The van der Waals surface area contributed by atoms with Gasteiger partial charge in [0.05, 0.1) is 21.9 Å². The van der Waals surface area contributed by atoms with Crippen LogP contribution in [0.25, 0.3) is 0 Å². The van der Waals surface area contributed by atoms with Crippen molar-refractivity contribution in [2.24, 2.45) is 0 Å². The van der Waals surface area contributed by atoms with Crippen LogP contribution in [0.3, 0.4) is 0 Å². The topological polar surface area (TPSA) is 75.6 Å². The van der Waals surface area contributed by atoms with E-state index in [9.17, 15) is 8.42 Å². The van der Waals surface area contributed by atoms with E-state index >= 15 is 0 Å². The summed E-state index contributed by atoms with van der Waals surface area (Å²) in [4.78, 5) is 1.07. The van der Waals surface area contributed by atoms with Gasteiger partial charge in [-0.3, -0.25) is 0 Å². The van der Waals surface area contributed by atoms with Crippen LogP contribution in [0.15, 0.2) is 14.7 Å². The minimum atomic E-state index is -3.44. The highest BCUT2D eigenvalue weighted by molar-refractivity contribution is 9.11. The number of nitrogens with one attached hydrogen (secondary N) is 1.